The summed E-state index contributed by atoms with van der Waals surface area (Å²) in [5, 5.41) is 0.506. The van der Waals surface area contributed by atoms with Gasteiger partial charge in [0.1, 0.15) is 0 Å². The van der Waals surface area contributed by atoms with E-state index in [0.717, 1.165) is 15.8 Å². The van der Waals surface area contributed by atoms with E-state index in [1.165, 1.54) is 11.6 Å². The molecule has 0 N–H and O–H groups in total. The number of fused-ring (bicyclic) bond motifs is 1. The van der Waals surface area contributed by atoms with E-state index in [1.807, 2.05) is 34.9 Å². The average molecular weight is 293 g/mol. The summed E-state index contributed by atoms with van der Waals surface area (Å²) in [5.41, 5.74) is 1.55. The van der Waals surface area contributed by atoms with Gasteiger partial charge in [0.25, 0.3) is 5.56 Å². The maximum atomic E-state index is 12.6. The Kier molecular flexibility index (Phi) is 3.22. The van der Waals surface area contributed by atoms with E-state index >= 15 is 0 Å². The van der Waals surface area contributed by atoms with Gasteiger partial charge in [0, 0.05) is 20.3 Å². The lowest BCUT2D eigenvalue weighted by Gasteiger charge is -2.07. The molecule has 0 fully saturated rings. The third-order valence-electron chi connectivity index (χ3n) is 3.82. The van der Waals surface area contributed by atoms with Crippen LogP contribution < -0.4 is 11.2 Å². The van der Waals surface area contributed by atoms with E-state index in [9.17, 15) is 9.59 Å². The van der Waals surface area contributed by atoms with Crippen molar-refractivity contribution in [3.05, 3.63) is 57.4 Å². The Morgan fingerprint density at radius 1 is 1.09 bits per heavy atom. The maximum absolute atomic E-state index is 12.6. The van der Waals surface area contributed by atoms with Gasteiger partial charge in [-0.05, 0) is 5.56 Å². The summed E-state index contributed by atoms with van der Waals surface area (Å²) in [6.45, 7) is 0.330. The van der Waals surface area contributed by atoms with Gasteiger partial charge in [-0.1, -0.05) is 36.3 Å². The van der Waals surface area contributed by atoms with Gasteiger partial charge in [-0.15, -0.1) is 6.42 Å². The molecule has 0 amide bonds. The number of hydrogen-bond donors (Lipinski definition) is 0. The lowest BCUT2D eigenvalue weighted by Crippen LogP contribution is -2.36. The van der Waals surface area contributed by atoms with Crippen molar-refractivity contribution < 1.29 is 0 Å². The van der Waals surface area contributed by atoms with Crippen LogP contribution in [0.5, 0.6) is 0 Å². The van der Waals surface area contributed by atoms with Crippen molar-refractivity contribution in [1.29, 1.82) is 0 Å². The first-order chi connectivity index (χ1) is 10.6. The largest absolute Gasteiger partial charge is 0.333 e. The zero-order valence-corrected chi connectivity index (χ0v) is 12.4. The first kappa shape index (κ1) is 14.0. The molecular weight excluding hydrogens is 278 g/mol. The molecule has 3 aromatic rings. The summed E-state index contributed by atoms with van der Waals surface area (Å²) < 4.78 is 4.42. The van der Waals surface area contributed by atoms with E-state index in [4.69, 9.17) is 6.42 Å². The number of nitrogens with zero attached hydrogens (tertiary/aromatic N) is 3. The van der Waals surface area contributed by atoms with Crippen LogP contribution in [-0.4, -0.2) is 13.7 Å². The zero-order valence-electron chi connectivity index (χ0n) is 12.4. The molecule has 0 atom stereocenters. The predicted octanol–water partition coefficient (Wildman–Crippen LogP) is 1.34. The van der Waals surface area contributed by atoms with Gasteiger partial charge < -0.3 is 4.57 Å². The molecule has 3 rings (SSSR count). The van der Waals surface area contributed by atoms with Crippen LogP contribution in [0.1, 0.15) is 0 Å². The molecule has 1 aromatic carbocycles. The van der Waals surface area contributed by atoms with Crippen molar-refractivity contribution in [2.45, 2.75) is 6.54 Å². The molecular formula is C17H15N3O2. The van der Waals surface area contributed by atoms with Crippen LogP contribution in [-0.2, 0) is 20.6 Å². The van der Waals surface area contributed by atoms with E-state index in [1.54, 1.807) is 13.2 Å². The molecule has 0 bridgehead atoms. The minimum atomic E-state index is -0.352. The summed E-state index contributed by atoms with van der Waals surface area (Å²) in [4.78, 5) is 24.7. The minimum Gasteiger partial charge on any atom is -0.333 e. The smallest absolute Gasteiger partial charge is 0.330 e. The van der Waals surface area contributed by atoms with Gasteiger partial charge >= 0.3 is 5.69 Å². The van der Waals surface area contributed by atoms with Crippen LogP contribution in [0.25, 0.3) is 22.2 Å². The topological polar surface area (TPSA) is 48.9 Å². The highest BCUT2D eigenvalue weighted by molar-refractivity contribution is 5.93. The molecule has 2 heterocycles. The fraction of sp³-hybridized carbons (Fsp3) is 0.176. The molecule has 5 nitrogen and oxygen atoms in total. The first-order valence-electron chi connectivity index (χ1n) is 6.84. The fourth-order valence-electron chi connectivity index (χ4n) is 2.72. The summed E-state index contributed by atoms with van der Waals surface area (Å²) in [5.74, 6) is 2.59. The van der Waals surface area contributed by atoms with Crippen molar-refractivity contribution >= 4 is 10.9 Å². The monoisotopic (exact) mass is 293 g/mol. The van der Waals surface area contributed by atoms with Gasteiger partial charge in [-0.3, -0.25) is 13.9 Å². The maximum Gasteiger partial charge on any atom is 0.330 e. The highest BCUT2D eigenvalue weighted by Crippen LogP contribution is 2.27. The molecule has 0 aliphatic heterocycles. The fourth-order valence-corrected chi connectivity index (χ4v) is 2.72. The highest BCUT2D eigenvalue weighted by Gasteiger charge is 2.18. The number of aromatic nitrogens is 3. The quantitative estimate of drug-likeness (QED) is 0.669. The van der Waals surface area contributed by atoms with E-state index in [-0.39, 0.29) is 11.2 Å². The molecule has 0 unspecified atom stereocenters. The van der Waals surface area contributed by atoms with Crippen LogP contribution in [0.4, 0.5) is 0 Å². The van der Waals surface area contributed by atoms with E-state index < -0.39 is 0 Å². The van der Waals surface area contributed by atoms with Gasteiger partial charge in [-0.25, -0.2) is 4.79 Å². The molecule has 110 valence electrons. The van der Waals surface area contributed by atoms with Crippen molar-refractivity contribution in [2.24, 2.45) is 14.1 Å². The summed E-state index contributed by atoms with van der Waals surface area (Å²) in [6.07, 6.45) is 7.21. The lowest BCUT2D eigenvalue weighted by atomic mass is 10.1. The number of terminal acetylenes is 1. The Morgan fingerprint density at radius 3 is 2.41 bits per heavy atom. The van der Waals surface area contributed by atoms with Crippen molar-refractivity contribution in [2.75, 3.05) is 0 Å². The van der Waals surface area contributed by atoms with Crippen LogP contribution in [0.2, 0.25) is 0 Å². The standard InChI is InChI=1S/C17H15N3O2/c1-4-10-20-11-13-14(15(20)12-8-6-5-7-9-12)16(21)19(3)17(22)18(13)2/h1,5-9,11H,10H2,2-3H3. The normalized spacial score (nSPS) is 10.8. The Bertz CT molecular complexity index is 1010. The highest BCUT2D eigenvalue weighted by atomic mass is 16.2. The third kappa shape index (κ3) is 1.89. The van der Waals surface area contributed by atoms with Crippen LogP contribution in [0.3, 0.4) is 0 Å². The second kappa shape index (κ2) is 5.08. The lowest BCUT2D eigenvalue weighted by molar-refractivity contribution is 0.714. The van der Waals surface area contributed by atoms with E-state index in [2.05, 4.69) is 5.92 Å². The van der Waals surface area contributed by atoms with Gasteiger partial charge in [-0.2, -0.15) is 0 Å². The number of benzene rings is 1. The van der Waals surface area contributed by atoms with Gasteiger partial charge in [0.2, 0.25) is 0 Å². The molecule has 0 spiro atoms. The minimum absolute atomic E-state index is 0.312. The zero-order chi connectivity index (χ0) is 15.9. The predicted molar refractivity (Wildman–Crippen MR) is 86.7 cm³/mol. The molecule has 5 heteroatoms. The Labute approximate surface area is 127 Å². The van der Waals surface area contributed by atoms with Crippen LogP contribution in [0.15, 0.2) is 46.1 Å². The SMILES string of the molecule is C#CCn1cc2c(c1-c1ccccc1)c(=O)n(C)c(=O)n2C. The summed E-state index contributed by atoms with van der Waals surface area (Å²) in [6, 6.07) is 9.56. The number of hydrogen-bond acceptors (Lipinski definition) is 2. The Morgan fingerprint density at radius 2 is 1.77 bits per heavy atom. The van der Waals surface area contributed by atoms with Gasteiger partial charge in [0.15, 0.2) is 0 Å². The second-order valence-corrected chi connectivity index (χ2v) is 5.14. The average Bonchev–Trinajstić information content (AvgIpc) is 2.91. The Balaban J connectivity index is 2.55. The third-order valence-corrected chi connectivity index (χ3v) is 3.82. The number of rotatable bonds is 2. The number of aryl methyl sites for hydroxylation is 1. The Hall–Kier alpha value is -3.00. The van der Waals surface area contributed by atoms with Crippen LogP contribution >= 0.6 is 0 Å². The molecule has 0 radical (unpaired) electrons. The van der Waals surface area contributed by atoms with Crippen LogP contribution in [0, 0.1) is 12.3 Å². The molecule has 0 aliphatic rings. The summed E-state index contributed by atoms with van der Waals surface area (Å²) in [7, 11) is 3.14. The molecule has 0 saturated carbocycles. The van der Waals surface area contributed by atoms with Crippen molar-refractivity contribution in [3.8, 4) is 23.6 Å². The molecule has 0 saturated heterocycles. The van der Waals surface area contributed by atoms with Gasteiger partial charge in [0.05, 0.1) is 23.1 Å². The molecule has 0 aliphatic carbocycles. The summed E-state index contributed by atoms with van der Waals surface area (Å²) >= 11 is 0. The second-order valence-electron chi connectivity index (χ2n) is 5.14. The van der Waals surface area contributed by atoms with Crippen molar-refractivity contribution in [3.63, 3.8) is 0 Å². The van der Waals surface area contributed by atoms with E-state index in [0.29, 0.717) is 17.4 Å². The molecule has 22 heavy (non-hydrogen) atoms. The molecule has 2 aromatic heterocycles. The first-order valence-corrected chi connectivity index (χ1v) is 6.84. The van der Waals surface area contributed by atoms with Crippen molar-refractivity contribution in [1.82, 2.24) is 13.7 Å².